The van der Waals surface area contributed by atoms with Crippen molar-refractivity contribution in [3.63, 3.8) is 0 Å². The molecule has 0 saturated carbocycles. The molecule has 0 bridgehead atoms. The fourth-order valence-electron chi connectivity index (χ4n) is 8.19. The van der Waals surface area contributed by atoms with E-state index in [9.17, 15) is 0 Å². The van der Waals surface area contributed by atoms with Crippen LogP contribution < -0.4 is 31.8 Å². The smallest absolute Gasteiger partial charge is 0.171 e. The number of fused-ring (bicyclic) bond motifs is 5. The van der Waals surface area contributed by atoms with Gasteiger partial charge in [-0.25, -0.2) is 0 Å². The van der Waals surface area contributed by atoms with Crippen LogP contribution in [0.1, 0.15) is 0 Å². The average molecular weight is 743 g/mol. The number of nitrogens with zero attached hydrogens (tertiary/aromatic N) is 2. The Balaban J connectivity index is 1.40. The topological polar surface area (TPSA) is 26.9 Å². The van der Waals surface area contributed by atoms with Crippen LogP contribution in [0.4, 0.5) is 0 Å². The van der Waals surface area contributed by atoms with Crippen LogP contribution in [0.3, 0.4) is 0 Å². The summed E-state index contributed by atoms with van der Waals surface area (Å²) in [6.07, 6.45) is 0. The van der Waals surface area contributed by atoms with Gasteiger partial charge in [-0.3, -0.25) is 9.13 Å². The molecule has 0 fully saturated rings. The predicted octanol–water partition coefficient (Wildman–Crippen LogP) is 10.1. The molecule has 0 spiro atoms. The van der Waals surface area contributed by atoms with Crippen LogP contribution >= 0.6 is 15.1 Å². The molecule has 0 aliphatic carbocycles. The van der Waals surface area contributed by atoms with Crippen LogP contribution in [0.5, 0.6) is 0 Å². The van der Waals surface area contributed by atoms with E-state index < -0.39 is 15.1 Å². The number of hydrogen-bond acceptors (Lipinski definition) is 1. The Morgan fingerprint density at radius 1 is 0.382 bits per heavy atom. The van der Waals surface area contributed by atoms with E-state index in [2.05, 4.69) is 167 Å². The number of benzene rings is 8. The second-order valence-electron chi connectivity index (χ2n) is 13.7. The van der Waals surface area contributed by atoms with E-state index in [-0.39, 0.29) is 0 Å². The third kappa shape index (κ3) is 5.51. The van der Waals surface area contributed by atoms with Crippen LogP contribution in [0.2, 0.25) is 0 Å². The van der Waals surface area contributed by atoms with Crippen molar-refractivity contribution < 1.29 is 4.57 Å². The molecule has 0 saturated heterocycles. The second-order valence-corrected chi connectivity index (χ2v) is 18.7. The number of rotatable bonds is 8. The Kier molecular flexibility index (Phi) is 8.41. The fourth-order valence-corrected chi connectivity index (χ4v) is 13.4. The average Bonchev–Trinajstić information content (AvgIpc) is 3.78. The van der Waals surface area contributed by atoms with Crippen molar-refractivity contribution in [2.45, 2.75) is 0 Å². The molecule has 0 unspecified atom stereocenters. The van der Waals surface area contributed by atoms with E-state index in [1.807, 2.05) is 60.7 Å². The minimum Gasteiger partial charge on any atom is -0.309 e. The van der Waals surface area contributed by atoms with Gasteiger partial charge in [0.05, 0.1) is 11.0 Å². The van der Waals surface area contributed by atoms with Gasteiger partial charge in [0, 0.05) is 43.4 Å². The maximum atomic E-state index is 16.4. The van der Waals surface area contributed by atoms with Gasteiger partial charge in [0.25, 0.3) is 0 Å². The van der Waals surface area contributed by atoms with Crippen molar-refractivity contribution in [1.29, 1.82) is 0 Å². The lowest BCUT2D eigenvalue weighted by Crippen LogP contribution is -2.25. The molecule has 0 N–H and O–H groups in total. The highest BCUT2D eigenvalue weighted by Crippen LogP contribution is 2.49. The number of para-hydroxylation sites is 2. The van der Waals surface area contributed by atoms with Gasteiger partial charge in [-0.15, -0.1) is 0 Å². The van der Waals surface area contributed by atoms with Crippen molar-refractivity contribution in [2.24, 2.45) is 0 Å². The zero-order valence-electron chi connectivity index (χ0n) is 30.0. The third-order valence-electron chi connectivity index (χ3n) is 10.5. The summed E-state index contributed by atoms with van der Waals surface area (Å²) in [6, 6.07) is 76.5. The van der Waals surface area contributed by atoms with Gasteiger partial charge in [0.15, 0.2) is 7.14 Å². The van der Waals surface area contributed by atoms with E-state index >= 15 is 4.57 Å². The van der Waals surface area contributed by atoms with Crippen LogP contribution in [-0.2, 0) is 4.57 Å². The molecule has 5 heteroatoms. The largest absolute Gasteiger partial charge is 0.309 e. The van der Waals surface area contributed by atoms with Gasteiger partial charge in [-0.1, -0.05) is 176 Å². The van der Waals surface area contributed by atoms with Crippen LogP contribution in [0.25, 0.3) is 44.2 Å². The van der Waals surface area contributed by atoms with Gasteiger partial charge in [0.1, 0.15) is 5.65 Å². The number of aromatic nitrogens is 2. The Morgan fingerprint density at radius 2 is 0.836 bits per heavy atom. The molecule has 0 atom stereocenters. The summed E-state index contributed by atoms with van der Waals surface area (Å²) in [6.45, 7) is 0. The molecule has 55 heavy (non-hydrogen) atoms. The van der Waals surface area contributed by atoms with Gasteiger partial charge in [-0.05, 0) is 66.3 Å². The normalized spacial score (nSPS) is 11.9. The summed E-state index contributed by atoms with van der Waals surface area (Å²) >= 11 is 0. The third-order valence-corrected chi connectivity index (χ3v) is 16.1. The second kappa shape index (κ2) is 13.9. The highest BCUT2D eigenvalue weighted by Gasteiger charge is 2.35. The molecule has 10 aromatic rings. The summed E-state index contributed by atoms with van der Waals surface area (Å²) in [4.78, 5) is 0. The Bertz CT molecular complexity index is 2900. The highest BCUT2D eigenvalue weighted by atomic mass is 31.2. The van der Waals surface area contributed by atoms with E-state index in [4.69, 9.17) is 0 Å². The Labute approximate surface area is 321 Å². The molecule has 0 aliphatic rings. The van der Waals surface area contributed by atoms with Crippen molar-refractivity contribution in [1.82, 2.24) is 9.13 Å². The quantitative estimate of drug-likeness (QED) is 0.143. The summed E-state index contributed by atoms with van der Waals surface area (Å²) in [5.74, 6) is 0. The highest BCUT2D eigenvalue weighted by molar-refractivity contribution is 7.85. The maximum Gasteiger partial charge on any atom is 0.171 e. The van der Waals surface area contributed by atoms with Crippen molar-refractivity contribution in [2.75, 3.05) is 0 Å². The molecule has 10 rings (SSSR count). The summed E-state index contributed by atoms with van der Waals surface area (Å²) in [5.41, 5.74) is 5.28. The fraction of sp³-hybridized carbons (Fsp3) is 0. The van der Waals surface area contributed by atoms with Crippen LogP contribution in [-0.4, -0.2) is 9.13 Å². The monoisotopic (exact) mass is 742 g/mol. The van der Waals surface area contributed by atoms with Gasteiger partial charge in [-0.2, -0.15) is 0 Å². The van der Waals surface area contributed by atoms with E-state index in [0.717, 1.165) is 60.1 Å². The van der Waals surface area contributed by atoms with Crippen LogP contribution in [0, 0.1) is 0 Å². The standard InChI is InChI=1S/C50H36N2OP2/c53-55(42-28-15-5-16-29-42,43-30-17-6-18-31-43)47-33-19-32-46-49(47)48-44-36-41(54(39-24-11-3-12-25-39)40-26-13-4-14-27-40)34-35-45(44)51(37-20-7-1-8-21-37)50(48)52(46)38-22-9-2-10-23-38/h1-36H. The SMILES string of the molecule is O=P(c1ccccc1)(c1ccccc1)c1cccc2c1c1c3cc(P(c4ccccc4)c4ccccc4)ccc3n(-c3ccccc3)c1n2-c1ccccc1. The van der Waals surface area contributed by atoms with Crippen molar-refractivity contribution in [3.05, 3.63) is 218 Å². The van der Waals surface area contributed by atoms with Gasteiger partial charge >= 0.3 is 0 Å². The molecule has 0 radical (unpaired) electrons. The lowest BCUT2D eigenvalue weighted by molar-refractivity contribution is 0.592. The minimum atomic E-state index is -3.39. The van der Waals surface area contributed by atoms with E-state index in [1.165, 1.54) is 15.9 Å². The van der Waals surface area contributed by atoms with Crippen molar-refractivity contribution in [3.8, 4) is 11.4 Å². The summed E-state index contributed by atoms with van der Waals surface area (Å²) in [5, 5.41) is 9.58. The zero-order chi connectivity index (χ0) is 36.8. The minimum absolute atomic E-state index is 0.818. The maximum absolute atomic E-state index is 16.4. The molecule has 262 valence electrons. The molecule has 8 aromatic carbocycles. The molecular weight excluding hydrogens is 707 g/mol. The summed E-state index contributed by atoms with van der Waals surface area (Å²) < 4.78 is 21.1. The van der Waals surface area contributed by atoms with E-state index in [0.29, 0.717) is 0 Å². The first-order valence-electron chi connectivity index (χ1n) is 18.6. The molecule has 0 aliphatic heterocycles. The Morgan fingerprint density at radius 3 is 1.35 bits per heavy atom. The van der Waals surface area contributed by atoms with E-state index in [1.54, 1.807) is 0 Å². The molecule has 2 heterocycles. The van der Waals surface area contributed by atoms with Crippen LogP contribution in [0.15, 0.2) is 218 Å². The zero-order valence-corrected chi connectivity index (χ0v) is 31.8. The van der Waals surface area contributed by atoms with Gasteiger partial charge < -0.3 is 4.57 Å². The first kappa shape index (κ1) is 33.3. The number of hydrogen-bond donors (Lipinski definition) is 0. The molecule has 0 amide bonds. The lowest BCUT2D eigenvalue weighted by Gasteiger charge is -2.21. The first-order valence-corrected chi connectivity index (χ1v) is 21.6. The molecule has 2 aromatic heterocycles. The van der Waals surface area contributed by atoms with Gasteiger partial charge in [0.2, 0.25) is 0 Å². The first-order chi connectivity index (χ1) is 27.2. The summed E-state index contributed by atoms with van der Waals surface area (Å²) in [7, 11) is -4.26. The predicted molar refractivity (Wildman–Crippen MR) is 236 cm³/mol. The Hall–Kier alpha value is -6.24. The lowest BCUT2D eigenvalue weighted by atomic mass is 10.1. The molecular formula is C50H36N2OP2. The molecule has 3 nitrogen and oxygen atoms in total. The van der Waals surface area contributed by atoms with Crippen molar-refractivity contribution >= 4 is 79.7 Å².